The number of carboxylic acids is 2. The summed E-state index contributed by atoms with van der Waals surface area (Å²) in [5.41, 5.74) is 11.1. The van der Waals surface area contributed by atoms with Crippen LogP contribution >= 0.6 is 23.3 Å². The fourth-order valence-corrected chi connectivity index (χ4v) is 5.41. The number of oxime groups is 1. The molecule has 2 aliphatic heterocycles. The van der Waals surface area contributed by atoms with E-state index in [1.54, 1.807) is 4.57 Å². The number of hydrogen-bond donors (Lipinski definition) is 4. The summed E-state index contributed by atoms with van der Waals surface area (Å²) < 4.78 is 5.48. The highest BCUT2D eigenvalue weighted by atomic mass is 32.2. The van der Waals surface area contributed by atoms with Crippen LogP contribution in [0.4, 0.5) is 5.13 Å². The molecule has 38 heavy (non-hydrogen) atoms. The minimum Gasteiger partial charge on any atom is -0.545 e. The maximum absolute atomic E-state index is 13.0. The van der Waals surface area contributed by atoms with Gasteiger partial charge in [0.2, 0.25) is 18.1 Å². The lowest BCUT2D eigenvalue weighted by Gasteiger charge is -2.49. The van der Waals surface area contributed by atoms with Crippen LogP contribution < -0.4 is 26.5 Å². The smallest absolute Gasteiger partial charge is 0.344 e. The highest BCUT2D eigenvalue weighted by molar-refractivity contribution is 8.00. The molecule has 1 fully saturated rings. The first kappa shape index (κ1) is 26.5. The van der Waals surface area contributed by atoms with Crippen LogP contribution in [0.1, 0.15) is 16.2 Å². The Hall–Kier alpha value is -4.58. The van der Waals surface area contributed by atoms with Crippen LogP contribution in [0.2, 0.25) is 0 Å². The molecule has 6 N–H and O–H groups in total. The first-order valence-corrected chi connectivity index (χ1v) is 12.4. The topological polar surface area (TPSA) is 247 Å². The number of carbonyl (C=O) groups is 5. The van der Waals surface area contributed by atoms with Crippen LogP contribution in [0.5, 0.6) is 0 Å². The normalized spacial score (nSPS) is 18.9. The van der Waals surface area contributed by atoms with Crippen LogP contribution in [0.3, 0.4) is 0 Å². The van der Waals surface area contributed by atoms with E-state index in [0.717, 1.165) is 11.5 Å². The highest BCUT2D eigenvalue weighted by Crippen LogP contribution is 2.40. The number of carboxylic acid groups (broad SMARTS) is 2. The minimum absolute atomic E-state index is 0.0170. The molecule has 2 aromatic heterocycles. The number of nitrogens with zero attached hydrogens (tertiary/aromatic N) is 5. The van der Waals surface area contributed by atoms with E-state index < -0.39 is 53.4 Å². The molecule has 0 spiro atoms. The fraction of sp³-hybridized carbons (Fsp3) is 0.250. The van der Waals surface area contributed by atoms with E-state index in [-0.39, 0.29) is 34.5 Å². The molecule has 0 saturated carbocycles. The number of hydrogen-bond acceptors (Lipinski definition) is 13. The molecule has 2 aromatic rings. The van der Waals surface area contributed by atoms with Crippen molar-refractivity contribution in [2.45, 2.75) is 18.0 Å². The number of aromatic nitrogens is 3. The zero-order valence-electron chi connectivity index (χ0n) is 19.1. The van der Waals surface area contributed by atoms with Gasteiger partial charge in [-0.25, -0.2) is 9.36 Å². The van der Waals surface area contributed by atoms with E-state index >= 15 is 0 Å². The Bertz CT molecular complexity index is 1390. The first-order valence-electron chi connectivity index (χ1n) is 10.6. The standard InChI is InChI=1S/C20H18N8O8S2/c21-14(31)13-9(5-27-3-1-8(2-4-27)19(34)35)7-37-18-12(17(33)28(13)18)23-16(32)11(25-36-6-10(29)30)15-24-20(22)38-26-15/h1-4,12,18H,5-7H2,(H6-,21,22,23,24,26,29,30,31,32,34,35)/t12?,18-/m0/s1. The number of aromatic carboxylic acids is 1. The third-order valence-electron chi connectivity index (χ3n) is 5.28. The van der Waals surface area contributed by atoms with Crippen LogP contribution in [-0.4, -0.2) is 78.5 Å². The predicted octanol–water partition coefficient (Wildman–Crippen LogP) is -3.58. The third kappa shape index (κ3) is 5.39. The number of rotatable bonds is 10. The molecule has 0 bridgehead atoms. The fourth-order valence-electron chi connectivity index (χ4n) is 3.64. The number of primary amides is 1. The van der Waals surface area contributed by atoms with Crippen molar-refractivity contribution in [1.82, 2.24) is 19.6 Å². The summed E-state index contributed by atoms with van der Waals surface area (Å²) in [5.74, 6) is -5.00. The van der Waals surface area contributed by atoms with Crippen molar-refractivity contribution in [3.05, 3.63) is 47.2 Å². The Labute approximate surface area is 221 Å². The van der Waals surface area contributed by atoms with Crippen molar-refractivity contribution in [3.8, 4) is 0 Å². The monoisotopic (exact) mass is 562 g/mol. The van der Waals surface area contributed by atoms with Gasteiger partial charge in [0.1, 0.15) is 17.1 Å². The van der Waals surface area contributed by atoms with Crippen LogP contribution in [0.25, 0.3) is 0 Å². The summed E-state index contributed by atoms with van der Waals surface area (Å²) in [6.07, 6.45) is 2.97. The van der Waals surface area contributed by atoms with Gasteiger partial charge >= 0.3 is 5.97 Å². The average Bonchev–Trinajstić information content (AvgIpc) is 3.30. The number of fused-ring (bicyclic) bond motifs is 1. The molecular formula is C20H18N8O8S2. The molecule has 1 saturated heterocycles. The lowest BCUT2D eigenvalue weighted by Crippen LogP contribution is -2.71. The van der Waals surface area contributed by atoms with Crippen molar-refractivity contribution in [3.63, 3.8) is 0 Å². The third-order valence-corrected chi connectivity index (χ3v) is 7.16. The Morgan fingerprint density at radius 3 is 2.61 bits per heavy atom. The van der Waals surface area contributed by atoms with E-state index in [1.807, 2.05) is 0 Å². The van der Waals surface area contributed by atoms with Gasteiger partial charge in [-0.2, -0.15) is 9.36 Å². The molecule has 4 rings (SSSR count). The zero-order chi connectivity index (χ0) is 27.6. The summed E-state index contributed by atoms with van der Waals surface area (Å²) in [6, 6.07) is 1.60. The summed E-state index contributed by atoms with van der Waals surface area (Å²) in [6.45, 7) is -0.685. The van der Waals surface area contributed by atoms with E-state index in [1.165, 1.54) is 41.2 Å². The molecule has 0 aromatic carbocycles. The van der Waals surface area contributed by atoms with Crippen LogP contribution in [0, 0.1) is 0 Å². The summed E-state index contributed by atoms with van der Waals surface area (Å²) in [5, 5.41) is 25.0. The van der Waals surface area contributed by atoms with Crippen molar-refractivity contribution < 1.29 is 43.6 Å². The molecule has 3 amide bonds. The Morgan fingerprint density at radius 1 is 1.32 bits per heavy atom. The van der Waals surface area contributed by atoms with Gasteiger partial charge in [-0.3, -0.25) is 19.3 Å². The number of amides is 3. The summed E-state index contributed by atoms with van der Waals surface area (Å²) in [7, 11) is 0. The van der Waals surface area contributed by atoms with E-state index in [4.69, 9.17) is 16.6 Å². The van der Waals surface area contributed by atoms with Crippen LogP contribution in [0.15, 0.2) is 41.0 Å². The first-order chi connectivity index (χ1) is 18.1. The molecule has 2 aliphatic rings. The number of β-lactam (4-membered cyclic amide) rings is 1. The number of thioether (sulfide) groups is 1. The number of pyridine rings is 1. The summed E-state index contributed by atoms with van der Waals surface area (Å²) in [4.78, 5) is 69.6. The number of anilines is 1. The van der Waals surface area contributed by atoms with Gasteiger partial charge in [0.15, 0.2) is 24.1 Å². The molecule has 198 valence electrons. The molecule has 0 radical (unpaired) electrons. The average molecular weight is 563 g/mol. The molecular weight excluding hydrogens is 544 g/mol. The van der Waals surface area contributed by atoms with E-state index in [9.17, 15) is 29.1 Å². The lowest BCUT2D eigenvalue weighted by atomic mass is 10.0. The van der Waals surface area contributed by atoms with Crippen LogP contribution in [-0.2, 0) is 30.6 Å². The second-order valence-electron chi connectivity index (χ2n) is 7.79. The minimum atomic E-state index is -1.34. The van der Waals surface area contributed by atoms with Crippen molar-refractivity contribution in [2.24, 2.45) is 10.9 Å². The largest absolute Gasteiger partial charge is 0.545 e. The van der Waals surface area contributed by atoms with Crippen molar-refractivity contribution in [2.75, 3.05) is 18.1 Å². The zero-order valence-corrected chi connectivity index (χ0v) is 20.7. The molecule has 4 heterocycles. The number of aliphatic carboxylic acids is 1. The van der Waals surface area contributed by atoms with Gasteiger partial charge in [-0.15, -0.1) is 11.8 Å². The molecule has 0 aliphatic carbocycles. The maximum atomic E-state index is 13.0. The van der Waals surface area contributed by atoms with Gasteiger partial charge in [0.25, 0.3) is 17.7 Å². The Kier molecular flexibility index (Phi) is 7.53. The van der Waals surface area contributed by atoms with E-state index in [0.29, 0.717) is 5.57 Å². The predicted molar refractivity (Wildman–Crippen MR) is 127 cm³/mol. The second-order valence-corrected chi connectivity index (χ2v) is 9.68. The number of nitrogens with two attached hydrogens (primary N) is 2. The van der Waals surface area contributed by atoms with Gasteiger partial charge < -0.3 is 36.6 Å². The van der Waals surface area contributed by atoms with E-state index in [2.05, 4.69) is 24.7 Å². The van der Waals surface area contributed by atoms with Crippen molar-refractivity contribution >= 4 is 63.8 Å². The lowest BCUT2D eigenvalue weighted by molar-refractivity contribution is -0.689. The van der Waals surface area contributed by atoms with Gasteiger partial charge in [-0.05, 0) is 0 Å². The Morgan fingerprint density at radius 2 is 2.03 bits per heavy atom. The Balaban J connectivity index is 1.52. The van der Waals surface area contributed by atoms with Gasteiger partial charge in [-0.1, -0.05) is 5.16 Å². The molecule has 18 heteroatoms. The number of nitrogens with one attached hydrogen (secondary N) is 1. The summed E-state index contributed by atoms with van der Waals surface area (Å²) >= 11 is 2.03. The van der Waals surface area contributed by atoms with Gasteiger partial charge in [0, 0.05) is 40.6 Å². The molecule has 16 nitrogen and oxygen atoms in total. The van der Waals surface area contributed by atoms with Crippen molar-refractivity contribution in [1.29, 1.82) is 0 Å². The maximum Gasteiger partial charge on any atom is 0.344 e. The highest BCUT2D eigenvalue weighted by Gasteiger charge is 2.54. The number of carbonyl (C=O) groups excluding carboxylic acids is 4. The molecule has 2 atom stereocenters. The number of nitrogen functional groups attached to an aromatic ring is 1. The molecule has 1 unspecified atom stereocenters. The SMILES string of the molecule is NC(=O)C1=C(C[n+]2ccc(C(=O)[O-])cc2)CS[C@H]2C(NC(=O)C(=NOCC(=O)O)c3nsc(N)n3)C(=O)N12. The quantitative estimate of drug-likeness (QED) is 0.0950. The van der Waals surface area contributed by atoms with Gasteiger partial charge in [0.05, 0.1) is 5.97 Å². The second kappa shape index (κ2) is 10.8.